The molecule has 0 saturated carbocycles. The van der Waals surface area contributed by atoms with E-state index in [-0.39, 0.29) is 0 Å². The van der Waals surface area contributed by atoms with Crippen molar-refractivity contribution in [2.75, 3.05) is 0 Å². The highest BCUT2D eigenvalue weighted by atomic mass is 35.5. The quantitative estimate of drug-likeness (QED) is 0.752. The van der Waals surface area contributed by atoms with Gasteiger partial charge in [0.15, 0.2) is 0 Å². The van der Waals surface area contributed by atoms with Crippen molar-refractivity contribution in [2.24, 2.45) is 0 Å². The molecule has 0 atom stereocenters. The van der Waals surface area contributed by atoms with E-state index in [4.69, 9.17) is 20.9 Å². The SMILES string of the molecule is CC1(C)OB(c2ccc(F)c(-c3ccc(Cl)cc3C#N)c2)OC1(C)C. The van der Waals surface area contributed by atoms with Crippen molar-refractivity contribution in [3.63, 3.8) is 0 Å². The Morgan fingerprint density at radius 2 is 1.64 bits per heavy atom. The van der Waals surface area contributed by atoms with Gasteiger partial charge in [0.1, 0.15) is 5.82 Å². The Labute approximate surface area is 152 Å². The Morgan fingerprint density at radius 3 is 2.24 bits per heavy atom. The van der Waals surface area contributed by atoms with Crippen molar-refractivity contribution in [3.05, 3.63) is 52.8 Å². The van der Waals surface area contributed by atoms with Gasteiger partial charge in [-0.25, -0.2) is 4.39 Å². The normalized spacial score (nSPS) is 18.2. The number of hydrogen-bond acceptors (Lipinski definition) is 3. The molecule has 25 heavy (non-hydrogen) atoms. The van der Waals surface area contributed by atoms with Crippen LogP contribution in [0.25, 0.3) is 11.1 Å². The maximum Gasteiger partial charge on any atom is 0.494 e. The van der Waals surface area contributed by atoms with Gasteiger partial charge in [0.2, 0.25) is 0 Å². The zero-order valence-electron chi connectivity index (χ0n) is 14.6. The van der Waals surface area contributed by atoms with E-state index in [0.717, 1.165) is 0 Å². The van der Waals surface area contributed by atoms with E-state index in [9.17, 15) is 9.65 Å². The predicted octanol–water partition coefficient (Wildman–Crippen LogP) is 4.32. The zero-order chi connectivity index (χ0) is 18.4. The van der Waals surface area contributed by atoms with Crippen LogP contribution in [-0.2, 0) is 9.31 Å². The van der Waals surface area contributed by atoms with Gasteiger partial charge in [-0.3, -0.25) is 0 Å². The summed E-state index contributed by atoms with van der Waals surface area (Å²) in [6.07, 6.45) is 0. The first-order valence-electron chi connectivity index (χ1n) is 8.00. The first-order valence-corrected chi connectivity index (χ1v) is 8.37. The van der Waals surface area contributed by atoms with Crippen LogP contribution in [0.15, 0.2) is 36.4 Å². The van der Waals surface area contributed by atoms with Crippen molar-refractivity contribution in [3.8, 4) is 17.2 Å². The molecule has 1 saturated heterocycles. The molecule has 1 fully saturated rings. The van der Waals surface area contributed by atoms with Crippen molar-refractivity contribution < 1.29 is 13.7 Å². The summed E-state index contributed by atoms with van der Waals surface area (Å²) in [5, 5.41) is 9.77. The maximum atomic E-state index is 14.4. The lowest BCUT2D eigenvalue weighted by atomic mass is 9.77. The molecule has 6 heteroatoms. The smallest absolute Gasteiger partial charge is 0.399 e. The van der Waals surface area contributed by atoms with Gasteiger partial charge in [-0.2, -0.15) is 5.26 Å². The largest absolute Gasteiger partial charge is 0.494 e. The first kappa shape index (κ1) is 17.9. The molecular formula is C19H18BClFNO2. The molecule has 0 amide bonds. The third-order valence-electron chi connectivity index (χ3n) is 4.91. The summed E-state index contributed by atoms with van der Waals surface area (Å²) in [6, 6.07) is 11.5. The van der Waals surface area contributed by atoms with Gasteiger partial charge in [-0.1, -0.05) is 29.8 Å². The minimum Gasteiger partial charge on any atom is -0.399 e. The Kier molecular flexibility index (Phi) is 4.41. The van der Waals surface area contributed by atoms with Gasteiger partial charge < -0.3 is 9.31 Å². The third kappa shape index (κ3) is 3.18. The van der Waals surface area contributed by atoms with E-state index < -0.39 is 24.1 Å². The molecule has 0 radical (unpaired) electrons. The Bertz CT molecular complexity index is 860. The average molecular weight is 358 g/mol. The maximum absolute atomic E-state index is 14.4. The molecule has 1 aliphatic rings. The fraction of sp³-hybridized carbons (Fsp3) is 0.316. The summed E-state index contributed by atoms with van der Waals surface area (Å²) in [5.41, 5.74) is 0.865. The molecule has 0 unspecified atom stereocenters. The third-order valence-corrected chi connectivity index (χ3v) is 5.14. The molecular weight excluding hydrogens is 339 g/mol. The molecule has 0 N–H and O–H groups in total. The lowest BCUT2D eigenvalue weighted by Crippen LogP contribution is -2.41. The van der Waals surface area contributed by atoms with E-state index in [2.05, 4.69) is 6.07 Å². The van der Waals surface area contributed by atoms with Crippen LogP contribution >= 0.6 is 11.6 Å². The van der Waals surface area contributed by atoms with Crippen LogP contribution in [0.3, 0.4) is 0 Å². The number of nitrogens with zero attached hydrogens (tertiary/aromatic N) is 1. The van der Waals surface area contributed by atoms with Gasteiger partial charge in [-0.05, 0) is 51.4 Å². The van der Waals surface area contributed by atoms with Crippen molar-refractivity contribution in [1.29, 1.82) is 5.26 Å². The number of halogens is 2. The van der Waals surface area contributed by atoms with Gasteiger partial charge in [-0.15, -0.1) is 0 Å². The lowest BCUT2D eigenvalue weighted by molar-refractivity contribution is 0.00578. The summed E-state index contributed by atoms with van der Waals surface area (Å²) in [7, 11) is -0.595. The summed E-state index contributed by atoms with van der Waals surface area (Å²) >= 11 is 5.94. The van der Waals surface area contributed by atoms with E-state index in [1.807, 2.05) is 27.7 Å². The van der Waals surface area contributed by atoms with E-state index in [1.54, 1.807) is 24.3 Å². The van der Waals surface area contributed by atoms with Gasteiger partial charge in [0, 0.05) is 16.1 Å². The monoisotopic (exact) mass is 357 g/mol. The van der Waals surface area contributed by atoms with Crippen LogP contribution in [-0.4, -0.2) is 18.3 Å². The van der Waals surface area contributed by atoms with E-state index in [1.165, 1.54) is 12.1 Å². The Balaban J connectivity index is 2.05. The van der Waals surface area contributed by atoms with Crippen LogP contribution in [0.2, 0.25) is 5.02 Å². The van der Waals surface area contributed by atoms with Crippen LogP contribution in [0.1, 0.15) is 33.3 Å². The second kappa shape index (κ2) is 6.14. The average Bonchev–Trinajstić information content (AvgIpc) is 2.76. The summed E-state index contributed by atoms with van der Waals surface area (Å²) < 4.78 is 26.5. The minimum atomic E-state index is -0.595. The molecule has 2 aromatic carbocycles. The van der Waals surface area contributed by atoms with E-state index in [0.29, 0.717) is 27.2 Å². The van der Waals surface area contributed by atoms with Crippen LogP contribution in [0, 0.1) is 17.1 Å². The Hall–Kier alpha value is -1.87. The second-order valence-electron chi connectivity index (χ2n) is 7.13. The minimum absolute atomic E-state index is 0.317. The number of hydrogen-bond donors (Lipinski definition) is 0. The number of rotatable bonds is 2. The Morgan fingerprint density at radius 1 is 1.00 bits per heavy atom. The molecule has 0 spiro atoms. The van der Waals surface area contributed by atoms with Crippen molar-refractivity contribution >= 4 is 24.2 Å². The van der Waals surface area contributed by atoms with Gasteiger partial charge in [0.25, 0.3) is 0 Å². The summed E-state index contributed by atoms with van der Waals surface area (Å²) in [5.74, 6) is -0.418. The van der Waals surface area contributed by atoms with Gasteiger partial charge >= 0.3 is 7.12 Å². The standard InChI is InChI=1S/C19H18BClFNO2/c1-18(2)19(3,4)25-20(24-18)13-5-8-17(22)16(10-13)15-7-6-14(21)9-12(15)11-23/h5-10H,1-4H3. The van der Waals surface area contributed by atoms with Crippen molar-refractivity contribution in [2.45, 2.75) is 38.9 Å². The molecule has 3 rings (SSSR count). The highest BCUT2D eigenvalue weighted by Gasteiger charge is 2.51. The number of nitriles is 1. The summed E-state index contributed by atoms with van der Waals surface area (Å²) in [6.45, 7) is 7.85. The molecule has 3 nitrogen and oxygen atoms in total. The van der Waals surface area contributed by atoms with Crippen LogP contribution in [0.5, 0.6) is 0 Å². The predicted molar refractivity (Wildman–Crippen MR) is 97.3 cm³/mol. The fourth-order valence-corrected chi connectivity index (χ4v) is 2.89. The first-order chi connectivity index (χ1) is 11.6. The van der Waals surface area contributed by atoms with Crippen LogP contribution in [0.4, 0.5) is 4.39 Å². The fourth-order valence-electron chi connectivity index (χ4n) is 2.72. The second-order valence-corrected chi connectivity index (χ2v) is 7.57. The molecule has 1 aliphatic heterocycles. The molecule has 0 aliphatic carbocycles. The zero-order valence-corrected chi connectivity index (χ0v) is 15.3. The molecule has 0 bridgehead atoms. The summed E-state index contributed by atoms with van der Waals surface area (Å²) in [4.78, 5) is 0. The number of benzene rings is 2. The van der Waals surface area contributed by atoms with Crippen LogP contribution < -0.4 is 5.46 Å². The topological polar surface area (TPSA) is 42.2 Å². The lowest BCUT2D eigenvalue weighted by Gasteiger charge is -2.32. The highest BCUT2D eigenvalue weighted by Crippen LogP contribution is 2.37. The molecule has 1 heterocycles. The molecule has 0 aromatic heterocycles. The molecule has 2 aromatic rings. The highest BCUT2D eigenvalue weighted by molar-refractivity contribution is 6.62. The van der Waals surface area contributed by atoms with E-state index >= 15 is 0 Å². The molecule has 128 valence electrons. The van der Waals surface area contributed by atoms with Crippen molar-refractivity contribution in [1.82, 2.24) is 0 Å². The van der Waals surface area contributed by atoms with Gasteiger partial charge in [0.05, 0.1) is 22.8 Å².